The van der Waals surface area contributed by atoms with Crippen LogP contribution in [0.4, 0.5) is 0 Å². The normalized spacial score (nSPS) is 13.3. The molecule has 0 radical (unpaired) electrons. The average Bonchev–Trinajstić information content (AvgIpc) is 2.68. The van der Waals surface area contributed by atoms with Crippen LogP contribution in [0.2, 0.25) is 0 Å². The van der Waals surface area contributed by atoms with E-state index in [0.717, 1.165) is 24.1 Å². The Morgan fingerprint density at radius 2 is 1.23 bits per heavy atom. The molecule has 0 N–H and O–H groups in total. The van der Waals surface area contributed by atoms with Crippen molar-refractivity contribution < 1.29 is 18.3 Å². The van der Waals surface area contributed by atoms with E-state index in [-0.39, 0.29) is 0 Å². The Balaban J connectivity index is 3.21. The van der Waals surface area contributed by atoms with Crippen molar-refractivity contribution in [3.63, 3.8) is 0 Å². The maximum atomic E-state index is 11.8. The van der Waals surface area contributed by atoms with E-state index in [1.807, 2.05) is 0 Å². The molecule has 30 heavy (non-hydrogen) atoms. The summed E-state index contributed by atoms with van der Waals surface area (Å²) >= 11 is 0. The fraction of sp³-hybridized carbons (Fsp3) is 0.920. The van der Waals surface area contributed by atoms with E-state index in [0.29, 0.717) is 19.4 Å². The van der Waals surface area contributed by atoms with Gasteiger partial charge in [-0.15, -0.1) is 0 Å². The Labute approximate surface area is 189 Å². The zero-order valence-corrected chi connectivity index (χ0v) is 21.8. The number of nitrogens with zero attached hydrogens (tertiary/aromatic N) is 1. The van der Waals surface area contributed by atoms with Crippen LogP contribution in [0.25, 0.3) is 0 Å². The minimum atomic E-state index is -1.92. The lowest BCUT2D eigenvalue weighted by Crippen LogP contribution is -2.37. The highest BCUT2D eigenvalue weighted by Gasteiger charge is 2.08. The van der Waals surface area contributed by atoms with E-state index in [4.69, 9.17) is 9.26 Å². The van der Waals surface area contributed by atoms with Crippen LogP contribution >= 0.6 is 8.03 Å². The first kappa shape index (κ1) is 29.9. The smallest absolute Gasteiger partial charge is 0.194 e. The van der Waals surface area contributed by atoms with E-state index in [1.54, 1.807) is 0 Å². The van der Waals surface area contributed by atoms with Gasteiger partial charge in [0.2, 0.25) is 0 Å². The van der Waals surface area contributed by atoms with Gasteiger partial charge in [0.15, 0.2) is 8.03 Å². The molecule has 0 amide bonds. The standard InChI is InChI=1S/C25H53NO3P/c1-5-6-7-8-9-10-11-12-13-14-15-16-17-18-19-20-22-28-24-25-30(27)29-23-21-26(2,3)4/h12-13,30H,5-11,14-25H2,1-4H3/q+1/b13-12-. The Morgan fingerprint density at radius 1 is 0.700 bits per heavy atom. The summed E-state index contributed by atoms with van der Waals surface area (Å²) in [5.41, 5.74) is 0. The van der Waals surface area contributed by atoms with E-state index in [9.17, 15) is 4.57 Å². The zero-order chi connectivity index (χ0) is 22.3. The molecule has 0 aliphatic carbocycles. The van der Waals surface area contributed by atoms with Gasteiger partial charge >= 0.3 is 0 Å². The Bertz CT molecular complexity index is 408. The second kappa shape index (κ2) is 22.1. The van der Waals surface area contributed by atoms with Crippen LogP contribution in [-0.2, 0) is 13.8 Å². The fourth-order valence-electron chi connectivity index (χ4n) is 3.21. The van der Waals surface area contributed by atoms with Crippen molar-refractivity contribution in [1.82, 2.24) is 0 Å². The molecule has 4 nitrogen and oxygen atoms in total. The van der Waals surface area contributed by atoms with Gasteiger partial charge in [-0.2, -0.15) is 0 Å². The number of unbranched alkanes of at least 4 members (excludes halogenated alkanes) is 12. The van der Waals surface area contributed by atoms with Gasteiger partial charge in [0.25, 0.3) is 0 Å². The van der Waals surface area contributed by atoms with E-state index in [2.05, 4.69) is 40.2 Å². The second-order valence-electron chi connectivity index (χ2n) is 9.53. The van der Waals surface area contributed by atoms with Crippen molar-refractivity contribution in [2.45, 2.75) is 96.8 Å². The van der Waals surface area contributed by atoms with E-state index >= 15 is 0 Å². The Kier molecular flexibility index (Phi) is 21.9. The van der Waals surface area contributed by atoms with Crippen LogP contribution in [0.5, 0.6) is 0 Å². The number of hydrogen-bond donors (Lipinski definition) is 0. The Hall–Kier alpha value is -0.150. The first-order valence-corrected chi connectivity index (χ1v) is 14.2. The molecule has 0 aromatic heterocycles. The van der Waals surface area contributed by atoms with Crippen molar-refractivity contribution in [3.05, 3.63) is 12.2 Å². The third kappa shape index (κ3) is 25.9. The molecule has 0 aromatic carbocycles. The molecule has 5 heteroatoms. The molecular weight excluding hydrogens is 393 g/mol. The van der Waals surface area contributed by atoms with Crippen molar-refractivity contribution in [3.8, 4) is 0 Å². The molecule has 0 aliphatic rings. The van der Waals surface area contributed by atoms with Crippen LogP contribution in [0.3, 0.4) is 0 Å². The van der Waals surface area contributed by atoms with Gasteiger partial charge in [0.05, 0.1) is 27.7 Å². The third-order valence-corrected chi connectivity index (χ3v) is 6.41. The van der Waals surface area contributed by atoms with Crippen LogP contribution in [0.1, 0.15) is 96.8 Å². The van der Waals surface area contributed by atoms with Crippen molar-refractivity contribution >= 4 is 8.03 Å². The van der Waals surface area contributed by atoms with Gasteiger partial charge in [-0.1, -0.05) is 76.9 Å². The topological polar surface area (TPSA) is 35.5 Å². The molecule has 0 aliphatic heterocycles. The molecule has 1 atom stereocenters. The van der Waals surface area contributed by atoms with Gasteiger partial charge in [0, 0.05) is 12.8 Å². The molecule has 0 fully saturated rings. The number of ether oxygens (including phenoxy) is 1. The monoisotopic (exact) mass is 446 g/mol. The van der Waals surface area contributed by atoms with E-state index in [1.165, 1.54) is 83.5 Å². The van der Waals surface area contributed by atoms with Gasteiger partial charge in [-0.25, -0.2) is 0 Å². The first-order chi connectivity index (χ1) is 14.5. The van der Waals surface area contributed by atoms with Gasteiger partial charge in [-0.3, -0.25) is 4.57 Å². The summed E-state index contributed by atoms with van der Waals surface area (Å²) in [6.45, 7) is 5.07. The molecule has 0 spiro atoms. The Morgan fingerprint density at radius 3 is 1.80 bits per heavy atom. The molecular formula is C25H53NO3P+. The predicted octanol–water partition coefficient (Wildman–Crippen LogP) is 7.24. The predicted molar refractivity (Wildman–Crippen MR) is 133 cm³/mol. The fourth-order valence-corrected chi connectivity index (χ4v) is 3.99. The van der Waals surface area contributed by atoms with Gasteiger partial charge < -0.3 is 13.7 Å². The van der Waals surface area contributed by atoms with Crippen LogP contribution in [0.15, 0.2) is 12.2 Å². The number of rotatable bonds is 23. The quantitative estimate of drug-likeness (QED) is 0.0718. The van der Waals surface area contributed by atoms with Crippen LogP contribution in [-0.4, -0.2) is 58.2 Å². The minimum Gasteiger partial charge on any atom is -0.381 e. The molecule has 0 rings (SSSR count). The summed E-state index contributed by atoms with van der Waals surface area (Å²) in [6, 6.07) is 0. The maximum absolute atomic E-state index is 11.8. The third-order valence-electron chi connectivity index (χ3n) is 5.28. The summed E-state index contributed by atoms with van der Waals surface area (Å²) in [6.07, 6.45) is 23.8. The lowest BCUT2D eigenvalue weighted by atomic mass is 10.1. The molecule has 0 bridgehead atoms. The van der Waals surface area contributed by atoms with Crippen LogP contribution < -0.4 is 0 Å². The lowest BCUT2D eigenvalue weighted by molar-refractivity contribution is -0.870. The largest absolute Gasteiger partial charge is 0.381 e. The van der Waals surface area contributed by atoms with Crippen molar-refractivity contribution in [2.75, 3.05) is 53.7 Å². The number of likely N-dealkylation sites (N-methyl/N-ethyl adjacent to an activating group) is 1. The number of quaternary nitrogens is 1. The molecule has 1 unspecified atom stereocenters. The summed E-state index contributed by atoms with van der Waals surface area (Å²) in [5, 5.41) is 0. The molecule has 0 saturated carbocycles. The van der Waals surface area contributed by atoms with Gasteiger partial charge in [-0.05, 0) is 32.1 Å². The highest BCUT2D eigenvalue weighted by molar-refractivity contribution is 7.39. The average molecular weight is 447 g/mol. The second-order valence-corrected chi connectivity index (χ2v) is 11.1. The number of hydrogen-bond acceptors (Lipinski definition) is 3. The highest BCUT2D eigenvalue weighted by Crippen LogP contribution is 2.21. The molecule has 0 aromatic rings. The van der Waals surface area contributed by atoms with E-state index < -0.39 is 8.03 Å². The highest BCUT2D eigenvalue weighted by atomic mass is 31.1. The summed E-state index contributed by atoms with van der Waals surface area (Å²) in [7, 11) is 4.41. The molecule has 0 saturated heterocycles. The zero-order valence-electron chi connectivity index (χ0n) is 20.8. The van der Waals surface area contributed by atoms with Crippen LogP contribution in [0, 0.1) is 0 Å². The SMILES string of the molecule is CCCCCCCC/C=C\CCCCCCCCOCC[PH](=O)OCC[N+](C)(C)C. The first-order valence-electron chi connectivity index (χ1n) is 12.6. The number of allylic oxidation sites excluding steroid dienone is 2. The maximum Gasteiger partial charge on any atom is 0.194 e. The summed E-state index contributed by atoms with van der Waals surface area (Å²) < 4.78 is 23.6. The molecule has 0 heterocycles. The lowest BCUT2D eigenvalue weighted by Gasteiger charge is -2.23. The van der Waals surface area contributed by atoms with Gasteiger partial charge in [0.1, 0.15) is 13.2 Å². The summed E-state index contributed by atoms with van der Waals surface area (Å²) in [5.74, 6) is 0. The molecule has 180 valence electrons. The van der Waals surface area contributed by atoms with Crippen molar-refractivity contribution in [1.29, 1.82) is 0 Å². The van der Waals surface area contributed by atoms with Crippen molar-refractivity contribution in [2.24, 2.45) is 0 Å². The summed E-state index contributed by atoms with van der Waals surface area (Å²) in [4.78, 5) is 0. The minimum absolute atomic E-state index is 0.550.